The van der Waals surface area contributed by atoms with E-state index >= 15 is 0 Å². The van der Waals surface area contributed by atoms with Crippen LogP contribution in [0.3, 0.4) is 0 Å². The molecule has 23 heteroatoms. The molecule has 410 valence electrons. The van der Waals surface area contributed by atoms with E-state index in [4.69, 9.17) is 110 Å². The number of hydrogen-bond donors (Lipinski definition) is 1. The molecule has 0 aliphatic rings. The van der Waals surface area contributed by atoms with Gasteiger partial charge in [0, 0.05) is 13.7 Å². The Morgan fingerprint density at radius 2 is 0.235 bits per heavy atom. The minimum absolute atomic E-state index is 0.490. The number of hydrogen-bond acceptors (Lipinski definition) is 23. The summed E-state index contributed by atoms with van der Waals surface area (Å²) >= 11 is 0. The van der Waals surface area contributed by atoms with E-state index in [0.29, 0.717) is 291 Å². The van der Waals surface area contributed by atoms with Gasteiger partial charge in [-0.25, -0.2) is 0 Å². The van der Waals surface area contributed by atoms with Gasteiger partial charge in [0.25, 0.3) is 0 Å². The highest BCUT2D eigenvalue weighted by Crippen LogP contribution is 1.90. The topological polar surface area (TPSA) is 229 Å². The van der Waals surface area contributed by atoms with E-state index in [1.165, 1.54) is 0 Å². The van der Waals surface area contributed by atoms with Crippen LogP contribution in [-0.2, 0) is 104 Å². The average molecular weight is 1000 g/mol. The summed E-state index contributed by atoms with van der Waals surface area (Å²) in [7, 11) is 1.64. The summed E-state index contributed by atoms with van der Waals surface area (Å²) in [4.78, 5) is 0. The first kappa shape index (κ1) is 67.1. The largest absolute Gasteiger partial charge is 0.382 e. The third-order valence-electron chi connectivity index (χ3n) is 8.13. The predicted molar refractivity (Wildman–Crippen MR) is 248 cm³/mol. The molecule has 0 heterocycles. The highest BCUT2D eigenvalue weighted by Gasteiger charge is 1.99. The second kappa shape index (κ2) is 66.1. The van der Waals surface area contributed by atoms with Gasteiger partial charge in [-0.2, -0.15) is 0 Å². The van der Waals surface area contributed by atoms with Crippen molar-refractivity contribution in [2.75, 3.05) is 298 Å². The molecule has 0 saturated heterocycles. The van der Waals surface area contributed by atoms with E-state index in [1.807, 2.05) is 0 Å². The molecule has 0 rings (SSSR count). The van der Waals surface area contributed by atoms with Gasteiger partial charge < -0.3 is 110 Å². The summed E-state index contributed by atoms with van der Waals surface area (Å²) in [5.41, 5.74) is 5.34. The van der Waals surface area contributed by atoms with Crippen molar-refractivity contribution in [1.82, 2.24) is 0 Å². The van der Waals surface area contributed by atoms with Crippen LogP contribution in [0.2, 0.25) is 0 Å². The second-order valence-electron chi connectivity index (χ2n) is 13.6. The summed E-state index contributed by atoms with van der Waals surface area (Å²) in [5, 5.41) is 0. The molecule has 2 N–H and O–H groups in total. The molecule has 0 atom stereocenters. The predicted octanol–water partition coefficient (Wildman–Crippen LogP) is -0.0599. The molecule has 0 aromatic carbocycles. The van der Waals surface area contributed by atoms with Crippen LogP contribution in [-0.4, -0.2) is 298 Å². The molecular formula is C45H93NO22. The summed E-state index contributed by atoms with van der Waals surface area (Å²) in [6.45, 7) is 22.4. The molecule has 0 aromatic heterocycles. The van der Waals surface area contributed by atoms with Crippen LogP contribution in [0.4, 0.5) is 0 Å². The van der Waals surface area contributed by atoms with Gasteiger partial charge >= 0.3 is 0 Å². The van der Waals surface area contributed by atoms with E-state index in [9.17, 15) is 0 Å². The summed E-state index contributed by atoms with van der Waals surface area (Å²) in [6.07, 6.45) is 0. The Balaban J connectivity index is 3.07. The van der Waals surface area contributed by atoms with E-state index < -0.39 is 0 Å². The Morgan fingerprint density at radius 3 is 0.324 bits per heavy atom. The van der Waals surface area contributed by atoms with E-state index in [0.717, 1.165) is 0 Å². The molecule has 0 aliphatic heterocycles. The molecule has 0 bridgehead atoms. The molecule has 0 aliphatic carbocycles. The SMILES string of the molecule is COCCOCCOCCOCCOCCOCCOCCOCCOCCOCCOCCOCCOCCOCCOCCOCCOCCOCCOCCOCCOCCOCCN. The van der Waals surface area contributed by atoms with Gasteiger partial charge in [0.2, 0.25) is 0 Å². The van der Waals surface area contributed by atoms with Crippen LogP contribution in [0.25, 0.3) is 0 Å². The maximum absolute atomic E-state index is 5.52. The van der Waals surface area contributed by atoms with Crippen molar-refractivity contribution in [3.8, 4) is 0 Å². The van der Waals surface area contributed by atoms with Crippen molar-refractivity contribution in [1.29, 1.82) is 0 Å². The fourth-order valence-electron chi connectivity index (χ4n) is 4.73. The number of ether oxygens (including phenoxy) is 22. The molecule has 68 heavy (non-hydrogen) atoms. The number of nitrogens with two attached hydrogens (primary N) is 1. The van der Waals surface area contributed by atoms with Crippen LogP contribution in [0, 0.1) is 0 Å². The summed E-state index contributed by atoms with van der Waals surface area (Å²) in [6, 6.07) is 0. The van der Waals surface area contributed by atoms with Gasteiger partial charge in [-0.3, -0.25) is 0 Å². The van der Waals surface area contributed by atoms with Crippen molar-refractivity contribution < 1.29 is 104 Å². The monoisotopic (exact) mass is 1000 g/mol. The van der Waals surface area contributed by atoms with Crippen molar-refractivity contribution in [3.63, 3.8) is 0 Å². The maximum Gasteiger partial charge on any atom is 0.0701 e. The molecular weight excluding hydrogens is 906 g/mol. The molecule has 0 radical (unpaired) electrons. The third-order valence-corrected chi connectivity index (χ3v) is 8.13. The van der Waals surface area contributed by atoms with Gasteiger partial charge in [-0.15, -0.1) is 0 Å². The van der Waals surface area contributed by atoms with Gasteiger partial charge in [-0.1, -0.05) is 0 Å². The first-order valence-corrected chi connectivity index (χ1v) is 24.2. The fraction of sp³-hybridized carbons (Fsp3) is 1.00. The Bertz CT molecular complexity index is 801. The zero-order valence-corrected chi connectivity index (χ0v) is 41.7. The van der Waals surface area contributed by atoms with Crippen LogP contribution >= 0.6 is 0 Å². The lowest BCUT2D eigenvalue weighted by atomic mass is 10.6. The molecule has 0 spiro atoms. The normalized spacial score (nSPS) is 11.7. The minimum atomic E-state index is 0.490. The lowest BCUT2D eigenvalue weighted by Gasteiger charge is -2.09. The first-order chi connectivity index (χ1) is 33.9. The Morgan fingerprint density at radius 1 is 0.147 bits per heavy atom. The molecule has 0 aromatic rings. The lowest BCUT2D eigenvalue weighted by molar-refractivity contribution is -0.0316. The summed E-state index contributed by atoms with van der Waals surface area (Å²) < 4.78 is 120. The zero-order valence-electron chi connectivity index (χ0n) is 41.7. The van der Waals surface area contributed by atoms with Crippen LogP contribution in [0.5, 0.6) is 0 Å². The lowest BCUT2D eigenvalue weighted by Crippen LogP contribution is -2.16. The van der Waals surface area contributed by atoms with Crippen molar-refractivity contribution in [3.05, 3.63) is 0 Å². The number of methoxy groups -OCH3 is 1. The number of rotatable bonds is 65. The second-order valence-corrected chi connectivity index (χ2v) is 13.6. The van der Waals surface area contributed by atoms with Gasteiger partial charge in [0.15, 0.2) is 0 Å². The Kier molecular flexibility index (Phi) is 65.2. The summed E-state index contributed by atoms with van der Waals surface area (Å²) in [5.74, 6) is 0. The van der Waals surface area contributed by atoms with Gasteiger partial charge in [0.1, 0.15) is 0 Å². The smallest absolute Gasteiger partial charge is 0.0701 e. The van der Waals surface area contributed by atoms with Crippen molar-refractivity contribution in [2.45, 2.75) is 0 Å². The molecule has 23 nitrogen and oxygen atoms in total. The quantitative estimate of drug-likeness (QED) is 0.0787. The van der Waals surface area contributed by atoms with Gasteiger partial charge in [0.05, 0.1) is 284 Å². The van der Waals surface area contributed by atoms with E-state index in [1.54, 1.807) is 7.11 Å². The van der Waals surface area contributed by atoms with Crippen molar-refractivity contribution >= 4 is 0 Å². The minimum Gasteiger partial charge on any atom is -0.382 e. The van der Waals surface area contributed by atoms with Crippen LogP contribution < -0.4 is 5.73 Å². The van der Waals surface area contributed by atoms with E-state index in [2.05, 4.69) is 0 Å². The van der Waals surface area contributed by atoms with Gasteiger partial charge in [-0.05, 0) is 0 Å². The molecule has 0 unspecified atom stereocenters. The van der Waals surface area contributed by atoms with E-state index in [-0.39, 0.29) is 0 Å². The highest BCUT2D eigenvalue weighted by atomic mass is 16.6. The first-order valence-electron chi connectivity index (χ1n) is 24.2. The van der Waals surface area contributed by atoms with Crippen LogP contribution in [0.1, 0.15) is 0 Å². The van der Waals surface area contributed by atoms with Crippen LogP contribution in [0.15, 0.2) is 0 Å². The fourth-order valence-corrected chi connectivity index (χ4v) is 4.73. The standard InChI is InChI=1S/C45H93NO22/c1-47-4-5-49-8-9-51-12-13-53-16-17-55-20-21-57-24-25-59-28-29-61-32-33-63-36-37-65-40-41-67-44-45-68-43-42-66-39-38-64-35-34-62-31-30-60-27-26-58-23-22-56-19-18-54-15-14-52-11-10-50-7-6-48-3-2-46/h2-46H2,1H3. The van der Waals surface area contributed by atoms with Crippen molar-refractivity contribution in [2.24, 2.45) is 5.73 Å². The third kappa shape index (κ3) is 65.1. The Labute approximate surface area is 407 Å². The molecule has 0 amide bonds. The maximum atomic E-state index is 5.52. The molecule has 0 fully saturated rings. The Hall–Kier alpha value is -0.920. The molecule has 0 saturated carbocycles. The average Bonchev–Trinajstić information content (AvgIpc) is 3.35. The highest BCUT2D eigenvalue weighted by molar-refractivity contribution is 4.42. The zero-order chi connectivity index (χ0) is 48.7.